The van der Waals surface area contributed by atoms with E-state index in [0.717, 1.165) is 13.0 Å². The van der Waals surface area contributed by atoms with Crippen molar-refractivity contribution in [1.82, 2.24) is 10.2 Å². The second-order valence-electron chi connectivity index (χ2n) is 3.65. The second kappa shape index (κ2) is 6.45. The highest BCUT2D eigenvalue weighted by atomic mass is 35.5. The van der Waals surface area contributed by atoms with Gasteiger partial charge in [0.05, 0.1) is 9.90 Å². The van der Waals surface area contributed by atoms with E-state index in [-0.39, 0.29) is 5.91 Å². The lowest BCUT2D eigenvalue weighted by Crippen LogP contribution is -2.26. The number of amides is 1. The molecule has 0 spiro atoms. The molecule has 1 N–H and O–H groups in total. The molecule has 1 aromatic rings. The number of hydrogen-bond acceptors (Lipinski definition) is 3. The average Bonchev–Trinajstić information content (AvgIpc) is 2.52. The molecule has 3 nitrogen and oxygen atoms in total. The third-order valence-corrected chi connectivity index (χ3v) is 3.46. The Morgan fingerprint density at radius 1 is 1.50 bits per heavy atom. The maximum Gasteiger partial charge on any atom is 0.253 e. The van der Waals surface area contributed by atoms with Gasteiger partial charge in [0.15, 0.2) is 0 Å². The lowest BCUT2D eigenvalue weighted by molar-refractivity contribution is 0.0953. The molecule has 0 saturated carbocycles. The molecule has 6 heteroatoms. The molecule has 0 bridgehead atoms. The molecule has 0 unspecified atom stereocenters. The summed E-state index contributed by atoms with van der Waals surface area (Å²) in [7, 11) is 3.99. The van der Waals surface area contributed by atoms with Crippen molar-refractivity contribution < 1.29 is 4.79 Å². The molecule has 0 aromatic carbocycles. The molecule has 1 rings (SSSR count). The van der Waals surface area contributed by atoms with Crippen LogP contribution in [0, 0.1) is 0 Å². The fourth-order valence-corrected chi connectivity index (χ4v) is 2.65. The number of rotatable bonds is 5. The van der Waals surface area contributed by atoms with Crippen LogP contribution in [0.25, 0.3) is 0 Å². The number of halogens is 2. The third kappa shape index (κ3) is 4.29. The molecule has 1 heterocycles. The summed E-state index contributed by atoms with van der Waals surface area (Å²) in [6.45, 7) is 1.58. The third-order valence-electron chi connectivity index (χ3n) is 1.97. The van der Waals surface area contributed by atoms with E-state index >= 15 is 0 Å². The largest absolute Gasteiger partial charge is 0.352 e. The van der Waals surface area contributed by atoms with Crippen molar-refractivity contribution in [2.45, 2.75) is 6.42 Å². The van der Waals surface area contributed by atoms with Crippen molar-refractivity contribution in [3.63, 3.8) is 0 Å². The smallest absolute Gasteiger partial charge is 0.253 e. The minimum absolute atomic E-state index is 0.160. The van der Waals surface area contributed by atoms with Gasteiger partial charge in [0.2, 0.25) is 0 Å². The first-order valence-electron chi connectivity index (χ1n) is 4.88. The van der Waals surface area contributed by atoms with Gasteiger partial charge in [-0.1, -0.05) is 23.2 Å². The maximum absolute atomic E-state index is 11.7. The number of carbonyl (C=O) groups excluding carboxylic acids is 1. The monoisotopic (exact) mass is 280 g/mol. The first-order valence-corrected chi connectivity index (χ1v) is 6.45. The van der Waals surface area contributed by atoms with Crippen LogP contribution in [0.15, 0.2) is 6.07 Å². The summed E-state index contributed by atoms with van der Waals surface area (Å²) >= 11 is 12.8. The first-order chi connectivity index (χ1) is 7.50. The predicted molar refractivity (Wildman–Crippen MR) is 69.8 cm³/mol. The highest BCUT2D eigenvalue weighted by Crippen LogP contribution is 2.30. The Balaban J connectivity index is 2.38. The van der Waals surface area contributed by atoms with Crippen molar-refractivity contribution in [3.8, 4) is 0 Å². The summed E-state index contributed by atoms with van der Waals surface area (Å²) in [6, 6.07) is 1.59. The molecule has 0 saturated heterocycles. The molecule has 16 heavy (non-hydrogen) atoms. The minimum Gasteiger partial charge on any atom is -0.352 e. The molecule has 90 valence electrons. The number of nitrogens with one attached hydrogen (secondary N) is 1. The van der Waals surface area contributed by atoms with E-state index in [9.17, 15) is 4.79 Å². The Labute approximate surface area is 109 Å². The average molecular weight is 281 g/mol. The van der Waals surface area contributed by atoms with Gasteiger partial charge >= 0.3 is 0 Å². The van der Waals surface area contributed by atoms with Gasteiger partial charge < -0.3 is 10.2 Å². The van der Waals surface area contributed by atoms with Crippen LogP contribution >= 0.6 is 34.5 Å². The van der Waals surface area contributed by atoms with Crippen LogP contribution in [0.3, 0.4) is 0 Å². The van der Waals surface area contributed by atoms with Crippen molar-refractivity contribution >= 4 is 40.4 Å². The van der Waals surface area contributed by atoms with Crippen molar-refractivity contribution in [3.05, 3.63) is 20.3 Å². The van der Waals surface area contributed by atoms with E-state index < -0.39 is 0 Å². The standard InChI is InChI=1S/C10H14Cl2N2OS/c1-14(2)5-3-4-13-10(15)7-6-8(11)16-9(7)12/h6H,3-5H2,1-2H3,(H,13,15). The van der Waals surface area contributed by atoms with Crippen LogP contribution < -0.4 is 5.32 Å². The van der Waals surface area contributed by atoms with E-state index in [2.05, 4.69) is 10.2 Å². The zero-order valence-electron chi connectivity index (χ0n) is 9.22. The van der Waals surface area contributed by atoms with Gasteiger partial charge in [0.1, 0.15) is 4.34 Å². The van der Waals surface area contributed by atoms with Gasteiger partial charge in [0, 0.05) is 6.54 Å². The van der Waals surface area contributed by atoms with E-state index in [1.165, 1.54) is 11.3 Å². The van der Waals surface area contributed by atoms with E-state index in [0.29, 0.717) is 20.8 Å². The zero-order valence-corrected chi connectivity index (χ0v) is 11.5. The zero-order chi connectivity index (χ0) is 12.1. The molecule has 1 amide bonds. The summed E-state index contributed by atoms with van der Waals surface area (Å²) in [5.41, 5.74) is 0.460. The van der Waals surface area contributed by atoms with Crippen LogP contribution in [-0.2, 0) is 0 Å². The fraction of sp³-hybridized carbons (Fsp3) is 0.500. The molecule has 1 aromatic heterocycles. The van der Waals surface area contributed by atoms with E-state index in [1.807, 2.05) is 14.1 Å². The molecule has 0 aliphatic rings. The van der Waals surface area contributed by atoms with Crippen molar-refractivity contribution in [1.29, 1.82) is 0 Å². The predicted octanol–water partition coefficient (Wildman–Crippen LogP) is 2.74. The Hall–Kier alpha value is -0.290. The van der Waals surface area contributed by atoms with E-state index in [4.69, 9.17) is 23.2 Å². The first kappa shape index (κ1) is 13.8. The summed E-state index contributed by atoms with van der Waals surface area (Å²) in [6.07, 6.45) is 0.911. The molecular formula is C10H14Cl2N2OS. The van der Waals surface area contributed by atoms with Gasteiger partial charge in [-0.2, -0.15) is 0 Å². The molecule has 0 atom stereocenters. The molecule has 0 aliphatic heterocycles. The Morgan fingerprint density at radius 3 is 2.69 bits per heavy atom. The number of carbonyl (C=O) groups is 1. The fourth-order valence-electron chi connectivity index (χ4n) is 1.19. The van der Waals surface area contributed by atoms with Crippen molar-refractivity contribution in [2.75, 3.05) is 27.2 Å². The minimum atomic E-state index is -0.160. The highest BCUT2D eigenvalue weighted by Gasteiger charge is 2.13. The summed E-state index contributed by atoms with van der Waals surface area (Å²) in [5, 5.41) is 2.81. The number of thiophene rings is 1. The topological polar surface area (TPSA) is 32.3 Å². The van der Waals surface area contributed by atoms with Crippen LogP contribution in [-0.4, -0.2) is 38.0 Å². The summed E-state index contributed by atoms with van der Waals surface area (Å²) in [4.78, 5) is 13.7. The summed E-state index contributed by atoms with van der Waals surface area (Å²) in [5.74, 6) is -0.160. The SMILES string of the molecule is CN(C)CCCNC(=O)c1cc(Cl)sc1Cl. The van der Waals surface area contributed by atoms with Gasteiger partial charge in [0.25, 0.3) is 5.91 Å². The number of hydrogen-bond donors (Lipinski definition) is 1. The lowest BCUT2D eigenvalue weighted by atomic mass is 10.3. The molecule has 0 fully saturated rings. The summed E-state index contributed by atoms with van der Waals surface area (Å²) < 4.78 is 0.971. The van der Waals surface area contributed by atoms with Crippen LogP contribution in [0.1, 0.15) is 16.8 Å². The Bertz CT molecular complexity index is 366. The molecule has 0 aliphatic carbocycles. The lowest BCUT2D eigenvalue weighted by Gasteiger charge is -2.09. The van der Waals surface area contributed by atoms with Gasteiger partial charge in [-0.15, -0.1) is 11.3 Å². The van der Waals surface area contributed by atoms with Gasteiger partial charge in [-0.05, 0) is 33.1 Å². The maximum atomic E-state index is 11.7. The van der Waals surface area contributed by atoms with Crippen LogP contribution in [0.2, 0.25) is 8.67 Å². The quantitative estimate of drug-likeness (QED) is 0.842. The van der Waals surface area contributed by atoms with E-state index in [1.54, 1.807) is 6.07 Å². The second-order valence-corrected chi connectivity index (χ2v) is 5.94. The van der Waals surface area contributed by atoms with Crippen LogP contribution in [0.4, 0.5) is 0 Å². The van der Waals surface area contributed by atoms with Crippen molar-refractivity contribution in [2.24, 2.45) is 0 Å². The van der Waals surface area contributed by atoms with Crippen LogP contribution in [0.5, 0.6) is 0 Å². The Kier molecular flexibility index (Phi) is 5.55. The van der Waals surface area contributed by atoms with Gasteiger partial charge in [-0.25, -0.2) is 0 Å². The number of nitrogens with zero attached hydrogens (tertiary/aromatic N) is 1. The molecule has 0 radical (unpaired) electrons. The Morgan fingerprint density at radius 2 is 2.19 bits per heavy atom. The van der Waals surface area contributed by atoms with Gasteiger partial charge in [-0.3, -0.25) is 4.79 Å². The highest BCUT2D eigenvalue weighted by molar-refractivity contribution is 7.20. The normalized spacial score (nSPS) is 10.8. The molecular weight excluding hydrogens is 267 g/mol.